The summed E-state index contributed by atoms with van der Waals surface area (Å²) in [4.78, 5) is 13.7. The second-order valence-corrected chi connectivity index (χ2v) is 5.49. The van der Waals surface area contributed by atoms with Crippen molar-refractivity contribution in [2.45, 2.75) is 12.5 Å². The van der Waals surface area contributed by atoms with Crippen molar-refractivity contribution in [3.63, 3.8) is 0 Å². The second-order valence-electron chi connectivity index (χ2n) is 4.57. The molecule has 5 nitrogen and oxygen atoms in total. The Morgan fingerprint density at radius 1 is 1.55 bits per heavy atom. The molecule has 0 saturated carbocycles. The zero-order chi connectivity index (χ0) is 14.4. The Labute approximate surface area is 126 Å². The molecular formula is C14H18BrNO4. The van der Waals surface area contributed by atoms with E-state index in [1.165, 1.54) is 0 Å². The van der Waals surface area contributed by atoms with E-state index in [4.69, 9.17) is 14.6 Å². The fourth-order valence-electron chi connectivity index (χ4n) is 2.03. The van der Waals surface area contributed by atoms with Gasteiger partial charge in [-0.25, -0.2) is 0 Å². The topological polar surface area (TPSA) is 59.0 Å². The van der Waals surface area contributed by atoms with Gasteiger partial charge in [-0.15, -0.1) is 0 Å². The summed E-state index contributed by atoms with van der Waals surface area (Å²) in [6, 6.07) is 7.52. The number of halogens is 1. The largest absolute Gasteiger partial charge is 0.493 e. The van der Waals surface area contributed by atoms with E-state index in [1.54, 1.807) is 4.90 Å². The molecule has 1 saturated heterocycles. The van der Waals surface area contributed by atoms with Crippen molar-refractivity contribution in [3.8, 4) is 5.75 Å². The third kappa shape index (κ3) is 4.47. The third-order valence-corrected chi connectivity index (χ3v) is 3.57. The summed E-state index contributed by atoms with van der Waals surface area (Å²) in [5.74, 6) is 0.768. The van der Waals surface area contributed by atoms with Crippen molar-refractivity contribution in [1.29, 1.82) is 0 Å². The Morgan fingerprint density at radius 3 is 3.15 bits per heavy atom. The third-order valence-electron chi connectivity index (χ3n) is 3.08. The zero-order valence-electron chi connectivity index (χ0n) is 11.1. The Bertz CT molecular complexity index is 455. The van der Waals surface area contributed by atoms with Crippen LogP contribution < -0.4 is 4.74 Å². The van der Waals surface area contributed by atoms with Crippen LogP contribution in [-0.4, -0.2) is 54.9 Å². The van der Waals surface area contributed by atoms with E-state index in [1.807, 2.05) is 24.3 Å². The highest BCUT2D eigenvalue weighted by atomic mass is 79.9. The number of hydrogen-bond donors (Lipinski definition) is 1. The van der Waals surface area contributed by atoms with Crippen LogP contribution in [0, 0.1) is 0 Å². The van der Waals surface area contributed by atoms with Gasteiger partial charge >= 0.3 is 0 Å². The van der Waals surface area contributed by atoms with Crippen molar-refractivity contribution >= 4 is 21.8 Å². The van der Waals surface area contributed by atoms with Gasteiger partial charge in [0, 0.05) is 17.6 Å². The summed E-state index contributed by atoms with van der Waals surface area (Å²) in [5.41, 5.74) is 0. The molecule has 0 aromatic heterocycles. The molecule has 110 valence electrons. The van der Waals surface area contributed by atoms with E-state index in [9.17, 15) is 4.79 Å². The van der Waals surface area contributed by atoms with Gasteiger partial charge in [0.25, 0.3) is 0 Å². The molecule has 1 heterocycles. The first-order valence-corrected chi connectivity index (χ1v) is 7.37. The average molecular weight is 344 g/mol. The fraction of sp³-hybridized carbons (Fsp3) is 0.500. The quantitative estimate of drug-likeness (QED) is 0.878. The lowest BCUT2D eigenvalue weighted by atomic mass is 10.2. The molecule has 20 heavy (non-hydrogen) atoms. The van der Waals surface area contributed by atoms with Gasteiger partial charge in [-0.05, 0) is 18.2 Å². The number of benzene rings is 1. The van der Waals surface area contributed by atoms with Gasteiger partial charge in [0.15, 0.2) is 0 Å². The summed E-state index contributed by atoms with van der Waals surface area (Å²) in [6.07, 6.45) is 0.0590. The van der Waals surface area contributed by atoms with Crippen molar-refractivity contribution in [2.24, 2.45) is 0 Å². The van der Waals surface area contributed by atoms with Gasteiger partial charge in [-0.2, -0.15) is 0 Å². The minimum atomic E-state index is -0.265. The normalized spacial score (nSPS) is 18.9. The van der Waals surface area contributed by atoms with Crippen LogP contribution in [0.3, 0.4) is 0 Å². The molecule has 2 rings (SSSR count). The number of hydrogen-bond acceptors (Lipinski definition) is 4. The Balaban J connectivity index is 1.75. The van der Waals surface area contributed by atoms with Crippen LogP contribution in [0.4, 0.5) is 0 Å². The molecule has 0 aliphatic carbocycles. The lowest BCUT2D eigenvalue weighted by Crippen LogP contribution is -2.47. The number of rotatable bonds is 5. The number of amides is 1. The maximum absolute atomic E-state index is 12.0. The molecule has 1 atom stereocenters. The molecule has 1 N–H and O–H groups in total. The van der Waals surface area contributed by atoms with E-state index in [0.29, 0.717) is 32.7 Å². The fourth-order valence-corrected chi connectivity index (χ4v) is 2.41. The summed E-state index contributed by atoms with van der Waals surface area (Å²) < 4.78 is 11.8. The van der Waals surface area contributed by atoms with Crippen LogP contribution in [0.25, 0.3) is 0 Å². The minimum Gasteiger partial charge on any atom is -0.493 e. The smallest absolute Gasteiger partial charge is 0.226 e. The molecule has 1 aromatic rings. The monoisotopic (exact) mass is 343 g/mol. The first-order valence-electron chi connectivity index (χ1n) is 6.57. The molecule has 0 spiro atoms. The van der Waals surface area contributed by atoms with E-state index in [-0.39, 0.29) is 18.6 Å². The zero-order valence-corrected chi connectivity index (χ0v) is 12.7. The standard InChI is InChI=1S/C14H18BrNO4/c15-11-2-1-3-12(8-11)19-6-4-14(18)16-5-7-20-13(9-16)10-17/h1-3,8,13,17H,4-7,9-10H2. The molecule has 1 aliphatic heterocycles. The molecule has 1 unspecified atom stereocenters. The van der Waals surface area contributed by atoms with Gasteiger partial charge in [0.05, 0.1) is 32.3 Å². The van der Waals surface area contributed by atoms with Crippen LogP contribution in [0.5, 0.6) is 5.75 Å². The van der Waals surface area contributed by atoms with Crippen molar-refractivity contribution in [2.75, 3.05) is 32.9 Å². The van der Waals surface area contributed by atoms with Crippen LogP contribution in [-0.2, 0) is 9.53 Å². The van der Waals surface area contributed by atoms with E-state index in [0.717, 1.165) is 10.2 Å². The molecule has 6 heteroatoms. The van der Waals surface area contributed by atoms with E-state index in [2.05, 4.69) is 15.9 Å². The molecule has 0 bridgehead atoms. The van der Waals surface area contributed by atoms with Gasteiger partial charge < -0.3 is 19.5 Å². The van der Waals surface area contributed by atoms with E-state index >= 15 is 0 Å². The Morgan fingerprint density at radius 2 is 2.40 bits per heavy atom. The number of carbonyl (C=O) groups excluding carboxylic acids is 1. The maximum Gasteiger partial charge on any atom is 0.226 e. The predicted octanol–water partition coefficient (Wildman–Crippen LogP) is 1.44. The van der Waals surface area contributed by atoms with Crippen molar-refractivity contribution in [3.05, 3.63) is 28.7 Å². The molecular weight excluding hydrogens is 326 g/mol. The SMILES string of the molecule is O=C(CCOc1cccc(Br)c1)N1CCOC(CO)C1. The Hall–Kier alpha value is -1.11. The second kappa shape index (κ2) is 7.61. The summed E-state index contributed by atoms with van der Waals surface area (Å²) in [7, 11) is 0. The number of morpholine rings is 1. The predicted molar refractivity (Wildman–Crippen MR) is 77.7 cm³/mol. The summed E-state index contributed by atoms with van der Waals surface area (Å²) in [6.45, 7) is 1.79. The maximum atomic E-state index is 12.0. The first kappa shape index (κ1) is 15.3. The number of carbonyl (C=O) groups is 1. The summed E-state index contributed by atoms with van der Waals surface area (Å²) in [5, 5.41) is 9.05. The van der Waals surface area contributed by atoms with Gasteiger partial charge in [0.1, 0.15) is 5.75 Å². The van der Waals surface area contributed by atoms with Crippen molar-refractivity contribution < 1.29 is 19.4 Å². The molecule has 1 aromatic carbocycles. The average Bonchev–Trinajstić information content (AvgIpc) is 2.47. The van der Waals surface area contributed by atoms with Gasteiger partial charge in [0.2, 0.25) is 5.91 Å². The molecule has 0 radical (unpaired) electrons. The number of aliphatic hydroxyl groups is 1. The van der Waals surface area contributed by atoms with Crippen LogP contribution in [0.15, 0.2) is 28.7 Å². The van der Waals surface area contributed by atoms with Gasteiger partial charge in [-0.3, -0.25) is 4.79 Å². The van der Waals surface area contributed by atoms with Crippen molar-refractivity contribution in [1.82, 2.24) is 4.90 Å². The van der Waals surface area contributed by atoms with Gasteiger partial charge in [-0.1, -0.05) is 22.0 Å². The highest BCUT2D eigenvalue weighted by molar-refractivity contribution is 9.10. The number of aliphatic hydroxyl groups excluding tert-OH is 1. The van der Waals surface area contributed by atoms with E-state index < -0.39 is 0 Å². The molecule has 1 fully saturated rings. The molecule has 1 aliphatic rings. The highest BCUT2D eigenvalue weighted by Crippen LogP contribution is 2.18. The first-order chi connectivity index (χ1) is 9.69. The van der Waals surface area contributed by atoms with Crippen LogP contribution in [0.2, 0.25) is 0 Å². The lowest BCUT2D eigenvalue weighted by molar-refractivity contribution is -0.140. The molecule has 1 amide bonds. The Kier molecular flexibility index (Phi) is 5.82. The lowest BCUT2D eigenvalue weighted by Gasteiger charge is -2.32. The van der Waals surface area contributed by atoms with Crippen LogP contribution in [0.1, 0.15) is 6.42 Å². The number of nitrogens with zero attached hydrogens (tertiary/aromatic N) is 1. The minimum absolute atomic E-state index is 0.0294. The van der Waals surface area contributed by atoms with Crippen LogP contribution >= 0.6 is 15.9 Å². The summed E-state index contributed by atoms with van der Waals surface area (Å²) >= 11 is 3.37. The number of ether oxygens (including phenoxy) is 2. The highest BCUT2D eigenvalue weighted by Gasteiger charge is 2.23.